The Hall–Kier alpha value is -1.99. The summed E-state index contributed by atoms with van der Waals surface area (Å²) >= 11 is 1.39. The van der Waals surface area contributed by atoms with Gasteiger partial charge in [-0.3, -0.25) is 15.1 Å². The second kappa shape index (κ2) is 6.44. The molecule has 0 saturated carbocycles. The number of anilines is 1. The van der Waals surface area contributed by atoms with Crippen LogP contribution in [0.25, 0.3) is 0 Å². The third kappa shape index (κ3) is 3.12. The van der Waals surface area contributed by atoms with Crippen LogP contribution in [0.2, 0.25) is 0 Å². The van der Waals surface area contributed by atoms with Crippen molar-refractivity contribution in [3.05, 3.63) is 35.1 Å². The number of amides is 1. The molecule has 0 aliphatic rings. The number of nitrogens with one attached hydrogen (secondary N) is 2. The molecule has 2 aromatic heterocycles. The molecule has 20 heavy (non-hydrogen) atoms. The Morgan fingerprint density at radius 3 is 3.00 bits per heavy atom. The van der Waals surface area contributed by atoms with E-state index in [0.717, 1.165) is 5.69 Å². The maximum absolute atomic E-state index is 12.2. The van der Waals surface area contributed by atoms with Crippen molar-refractivity contribution in [1.82, 2.24) is 15.3 Å². The highest BCUT2D eigenvalue weighted by molar-refractivity contribution is 7.14. The summed E-state index contributed by atoms with van der Waals surface area (Å²) in [6.45, 7) is 2.01. The molecule has 106 valence electrons. The standard InChI is InChI=1S/C13H16N4O2S/c1-8(14-2)10-7-20-13(16-10)17-12(18)9-4-5-15-6-11(9)19-3/h4-8,14H,1-3H3,(H,16,17,18). The van der Waals surface area contributed by atoms with Crippen LogP contribution < -0.4 is 15.4 Å². The zero-order valence-electron chi connectivity index (χ0n) is 11.5. The lowest BCUT2D eigenvalue weighted by Crippen LogP contribution is -2.15. The van der Waals surface area contributed by atoms with Crippen LogP contribution in [0, 0.1) is 0 Å². The van der Waals surface area contributed by atoms with E-state index in [2.05, 4.69) is 20.6 Å². The molecule has 2 rings (SSSR count). The summed E-state index contributed by atoms with van der Waals surface area (Å²) < 4.78 is 5.11. The molecule has 1 unspecified atom stereocenters. The average Bonchev–Trinajstić information content (AvgIpc) is 2.94. The summed E-state index contributed by atoms with van der Waals surface area (Å²) in [6, 6.07) is 1.76. The maximum Gasteiger partial charge on any atom is 0.261 e. The first kappa shape index (κ1) is 14.4. The Morgan fingerprint density at radius 1 is 1.50 bits per heavy atom. The fraction of sp³-hybridized carbons (Fsp3) is 0.308. The zero-order valence-corrected chi connectivity index (χ0v) is 12.3. The largest absolute Gasteiger partial charge is 0.494 e. The van der Waals surface area contributed by atoms with Gasteiger partial charge in [-0.2, -0.15) is 0 Å². The fourth-order valence-electron chi connectivity index (χ4n) is 1.59. The summed E-state index contributed by atoms with van der Waals surface area (Å²) in [5.41, 5.74) is 1.33. The number of hydrogen-bond acceptors (Lipinski definition) is 6. The average molecular weight is 292 g/mol. The Bertz CT molecular complexity index is 600. The van der Waals surface area contributed by atoms with E-state index in [0.29, 0.717) is 16.4 Å². The molecule has 0 aliphatic heterocycles. The molecule has 0 bridgehead atoms. The normalized spacial score (nSPS) is 11.9. The quantitative estimate of drug-likeness (QED) is 0.882. The van der Waals surface area contributed by atoms with Crippen LogP contribution in [0.5, 0.6) is 5.75 Å². The van der Waals surface area contributed by atoms with E-state index in [4.69, 9.17) is 4.74 Å². The van der Waals surface area contributed by atoms with Crippen LogP contribution in [0.3, 0.4) is 0 Å². The smallest absolute Gasteiger partial charge is 0.261 e. The van der Waals surface area contributed by atoms with Crippen molar-refractivity contribution in [2.75, 3.05) is 19.5 Å². The minimum absolute atomic E-state index is 0.146. The SMILES string of the molecule is CNC(C)c1csc(NC(=O)c2ccncc2OC)n1. The van der Waals surface area contributed by atoms with Gasteiger partial charge < -0.3 is 10.1 Å². The first-order chi connectivity index (χ1) is 9.65. The highest BCUT2D eigenvalue weighted by atomic mass is 32.1. The van der Waals surface area contributed by atoms with Crippen molar-refractivity contribution in [2.45, 2.75) is 13.0 Å². The number of pyridine rings is 1. The topological polar surface area (TPSA) is 76.1 Å². The molecule has 0 aromatic carbocycles. The van der Waals surface area contributed by atoms with Crippen LogP contribution in [0.4, 0.5) is 5.13 Å². The number of aromatic nitrogens is 2. The van der Waals surface area contributed by atoms with E-state index in [1.54, 1.807) is 12.3 Å². The predicted molar refractivity (Wildman–Crippen MR) is 78.3 cm³/mol. The molecule has 0 radical (unpaired) electrons. The maximum atomic E-state index is 12.2. The van der Waals surface area contributed by atoms with E-state index >= 15 is 0 Å². The summed E-state index contributed by atoms with van der Waals surface area (Å²) in [5, 5.41) is 8.34. The minimum atomic E-state index is -0.262. The van der Waals surface area contributed by atoms with E-state index in [1.807, 2.05) is 19.4 Å². The molecule has 2 N–H and O–H groups in total. The van der Waals surface area contributed by atoms with Gasteiger partial charge >= 0.3 is 0 Å². The number of thiazole rings is 1. The molecule has 2 heterocycles. The van der Waals surface area contributed by atoms with E-state index in [-0.39, 0.29) is 11.9 Å². The van der Waals surface area contributed by atoms with Crippen molar-refractivity contribution in [2.24, 2.45) is 0 Å². The number of carbonyl (C=O) groups is 1. The molecular formula is C13H16N4O2S. The van der Waals surface area contributed by atoms with Gasteiger partial charge in [-0.15, -0.1) is 11.3 Å². The van der Waals surface area contributed by atoms with Gasteiger partial charge in [-0.05, 0) is 20.0 Å². The fourth-order valence-corrected chi connectivity index (χ4v) is 2.38. The van der Waals surface area contributed by atoms with E-state index in [9.17, 15) is 4.79 Å². The van der Waals surface area contributed by atoms with Crippen molar-refractivity contribution in [3.8, 4) is 5.75 Å². The van der Waals surface area contributed by atoms with Gasteiger partial charge in [0, 0.05) is 17.6 Å². The lowest BCUT2D eigenvalue weighted by atomic mass is 10.2. The van der Waals surface area contributed by atoms with Gasteiger partial charge in [0.1, 0.15) is 5.75 Å². The minimum Gasteiger partial charge on any atom is -0.494 e. The second-order valence-corrected chi connectivity index (χ2v) is 4.98. The number of methoxy groups -OCH3 is 1. The van der Waals surface area contributed by atoms with Gasteiger partial charge in [0.05, 0.1) is 24.6 Å². The molecule has 0 aliphatic carbocycles. The van der Waals surface area contributed by atoms with Gasteiger partial charge in [0.15, 0.2) is 5.13 Å². The van der Waals surface area contributed by atoms with Crippen LogP contribution in [-0.2, 0) is 0 Å². The Morgan fingerprint density at radius 2 is 2.30 bits per heavy atom. The highest BCUT2D eigenvalue weighted by Gasteiger charge is 2.15. The molecular weight excluding hydrogens is 276 g/mol. The number of rotatable bonds is 5. The second-order valence-electron chi connectivity index (χ2n) is 4.12. The summed E-state index contributed by atoms with van der Waals surface area (Å²) in [6.07, 6.45) is 3.05. The van der Waals surface area contributed by atoms with Crippen LogP contribution in [-0.4, -0.2) is 30.0 Å². The number of nitrogens with zero attached hydrogens (tertiary/aromatic N) is 2. The van der Waals surface area contributed by atoms with Gasteiger partial charge in [0.25, 0.3) is 5.91 Å². The van der Waals surface area contributed by atoms with E-state index in [1.165, 1.54) is 24.6 Å². The van der Waals surface area contributed by atoms with Crippen molar-refractivity contribution >= 4 is 22.4 Å². The summed E-state index contributed by atoms with van der Waals surface area (Å²) in [7, 11) is 3.37. The lowest BCUT2D eigenvalue weighted by Gasteiger charge is -2.07. The highest BCUT2D eigenvalue weighted by Crippen LogP contribution is 2.22. The molecule has 6 nitrogen and oxygen atoms in total. The third-order valence-electron chi connectivity index (χ3n) is 2.87. The Kier molecular flexibility index (Phi) is 4.65. The monoisotopic (exact) mass is 292 g/mol. The molecule has 1 atom stereocenters. The number of hydrogen-bond donors (Lipinski definition) is 2. The van der Waals surface area contributed by atoms with Crippen molar-refractivity contribution < 1.29 is 9.53 Å². The summed E-state index contributed by atoms with van der Waals surface area (Å²) in [4.78, 5) is 20.5. The number of ether oxygens (including phenoxy) is 1. The molecule has 7 heteroatoms. The van der Waals surface area contributed by atoms with E-state index < -0.39 is 0 Å². The van der Waals surface area contributed by atoms with Gasteiger partial charge in [0.2, 0.25) is 0 Å². The predicted octanol–water partition coefficient (Wildman–Crippen LogP) is 2.08. The molecule has 0 spiro atoms. The van der Waals surface area contributed by atoms with Crippen LogP contribution in [0.1, 0.15) is 29.0 Å². The molecule has 0 saturated heterocycles. The molecule has 2 aromatic rings. The Balaban J connectivity index is 2.13. The van der Waals surface area contributed by atoms with Crippen molar-refractivity contribution in [3.63, 3.8) is 0 Å². The van der Waals surface area contributed by atoms with Crippen LogP contribution >= 0.6 is 11.3 Å². The molecule has 0 fully saturated rings. The third-order valence-corrected chi connectivity index (χ3v) is 3.64. The number of carbonyl (C=O) groups excluding carboxylic acids is 1. The Labute approximate surface area is 121 Å². The first-order valence-corrected chi connectivity index (χ1v) is 6.95. The lowest BCUT2D eigenvalue weighted by molar-refractivity contribution is 0.102. The zero-order chi connectivity index (χ0) is 14.5. The van der Waals surface area contributed by atoms with Crippen LogP contribution in [0.15, 0.2) is 23.8 Å². The first-order valence-electron chi connectivity index (χ1n) is 6.07. The van der Waals surface area contributed by atoms with Gasteiger partial charge in [-0.1, -0.05) is 0 Å². The summed E-state index contributed by atoms with van der Waals surface area (Å²) in [5.74, 6) is 0.174. The van der Waals surface area contributed by atoms with Crippen molar-refractivity contribution in [1.29, 1.82) is 0 Å². The van der Waals surface area contributed by atoms with Gasteiger partial charge in [-0.25, -0.2) is 4.98 Å². The molecule has 1 amide bonds.